The van der Waals surface area contributed by atoms with Crippen LogP contribution in [0.2, 0.25) is 5.02 Å². The molecule has 0 heterocycles. The Bertz CT molecular complexity index is 361. The Morgan fingerprint density at radius 2 is 2.20 bits per heavy atom. The number of aryl methyl sites for hydroxylation is 1. The van der Waals surface area contributed by atoms with Crippen LogP contribution in [0.1, 0.15) is 30.6 Å². The van der Waals surface area contributed by atoms with E-state index in [4.69, 9.17) is 16.7 Å². The number of hydrogen-bond acceptors (Lipinski definition) is 2. The zero-order chi connectivity index (χ0) is 11.4. The number of aliphatic hydroxyl groups is 1. The van der Waals surface area contributed by atoms with Crippen molar-refractivity contribution in [2.45, 2.75) is 25.9 Å². The molecule has 0 radical (unpaired) electrons. The molecule has 1 atom stereocenters. The van der Waals surface area contributed by atoms with Gasteiger partial charge in [0.05, 0.1) is 6.10 Å². The van der Waals surface area contributed by atoms with Crippen molar-refractivity contribution in [2.24, 2.45) is 0 Å². The summed E-state index contributed by atoms with van der Waals surface area (Å²) < 4.78 is 0. The molecule has 1 rings (SSSR count). The fourth-order valence-corrected chi connectivity index (χ4v) is 1.68. The first-order valence-electron chi connectivity index (χ1n) is 4.69. The number of halogens is 1. The van der Waals surface area contributed by atoms with Crippen LogP contribution in [0.25, 0.3) is 0 Å². The molecule has 0 unspecified atom stereocenters. The first-order valence-corrected chi connectivity index (χ1v) is 5.06. The van der Waals surface area contributed by atoms with Gasteiger partial charge in [-0.05, 0) is 30.5 Å². The molecule has 0 bridgehead atoms. The number of aliphatic carboxylic acids is 1. The van der Waals surface area contributed by atoms with E-state index in [1.54, 1.807) is 25.1 Å². The minimum atomic E-state index is -0.828. The third kappa shape index (κ3) is 3.53. The predicted molar refractivity (Wildman–Crippen MR) is 58.0 cm³/mol. The second kappa shape index (κ2) is 5.14. The first kappa shape index (κ1) is 12.0. The highest BCUT2D eigenvalue weighted by atomic mass is 35.5. The molecule has 82 valence electrons. The van der Waals surface area contributed by atoms with Crippen LogP contribution in [0.15, 0.2) is 18.2 Å². The predicted octanol–water partition coefficient (Wildman–Crippen LogP) is 2.41. The van der Waals surface area contributed by atoms with E-state index in [0.29, 0.717) is 17.0 Å². The molecule has 0 fully saturated rings. The van der Waals surface area contributed by atoms with Crippen LogP contribution in [-0.4, -0.2) is 16.2 Å². The highest BCUT2D eigenvalue weighted by Gasteiger charge is 2.07. The molecule has 1 aromatic carbocycles. The summed E-state index contributed by atoms with van der Waals surface area (Å²) in [7, 11) is 0. The van der Waals surface area contributed by atoms with Gasteiger partial charge < -0.3 is 10.2 Å². The Morgan fingerprint density at radius 1 is 1.53 bits per heavy atom. The van der Waals surface area contributed by atoms with Gasteiger partial charge >= 0.3 is 5.97 Å². The number of aliphatic hydroxyl groups excluding tert-OH is 1. The van der Waals surface area contributed by atoms with Crippen molar-refractivity contribution in [3.8, 4) is 0 Å². The lowest BCUT2D eigenvalue weighted by Gasteiger charge is -2.08. The van der Waals surface area contributed by atoms with Crippen LogP contribution in [0.3, 0.4) is 0 Å². The number of carboxylic acids is 1. The monoisotopic (exact) mass is 228 g/mol. The molecule has 3 nitrogen and oxygen atoms in total. The average molecular weight is 229 g/mol. The van der Waals surface area contributed by atoms with Gasteiger partial charge in [0.25, 0.3) is 0 Å². The van der Waals surface area contributed by atoms with Crippen LogP contribution >= 0.6 is 11.6 Å². The number of rotatable bonds is 4. The number of carboxylic acid groups (broad SMARTS) is 1. The normalized spacial score (nSPS) is 12.5. The molecule has 0 aliphatic rings. The van der Waals surface area contributed by atoms with E-state index in [1.807, 2.05) is 0 Å². The highest BCUT2D eigenvalue weighted by molar-refractivity contribution is 6.31. The molecule has 0 aliphatic carbocycles. The molecule has 0 spiro atoms. The molecule has 2 N–H and O–H groups in total. The SMILES string of the molecule is C[C@H](O)c1ccc(CCC(=O)O)cc1Cl. The molecule has 4 heteroatoms. The third-order valence-electron chi connectivity index (χ3n) is 2.14. The molecule has 15 heavy (non-hydrogen) atoms. The third-order valence-corrected chi connectivity index (χ3v) is 2.47. The molecule has 0 saturated heterocycles. The van der Waals surface area contributed by atoms with E-state index in [-0.39, 0.29) is 6.42 Å². The summed E-state index contributed by atoms with van der Waals surface area (Å²) in [4.78, 5) is 10.4. The Hall–Kier alpha value is -1.06. The van der Waals surface area contributed by atoms with Crippen molar-refractivity contribution in [1.29, 1.82) is 0 Å². The molecular formula is C11H13ClO3. The minimum Gasteiger partial charge on any atom is -0.481 e. The maximum Gasteiger partial charge on any atom is 0.303 e. The van der Waals surface area contributed by atoms with E-state index >= 15 is 0 Å². The molecule has 0 aromatic heterocycles. The Labute approximate surface area is 93.3 Å². The molecule has 0 amide bonds. The number of carbonyl (C=O) groups is 1. The summed E-state index contributed by atoms with van der Waals surface area (Å²) in [6.45, 7) is 1.64. The average Bonchev–Trinajstić information content (AvgIpc) is 2.14. The summed E-state index contributed by atoms with van der Waals surface area (Å²) in [5.74, 6) is -0.828. The maximum absolute atomic E-state index is 10.4. The summed E-state index contributed by atoms with van der Waals surface area (Å²) in [5.41, 5.74) is 1.53. The van der Waals surface area contributed by atoms with Crippen molar-refractivity contribution in [3.63, 3.8) is 0 Å². The fraction of sp³-hybridized carbons (Fsp3) is 0.364. The number of hydrogen-bond donors (Lipinski definition) is 2. The topological polar surface area (TPSA) is 57.5 Å². The fourth-order valence-electron chi connectivity index (χ4n) is 1.32. The van der Waals surface area contributed by atoms with Gasteiger partial charge in [0.2, 0.25) is 0 Å². The van der Waals surface area contributed by atoms with E-state index in [0.717, 1.165) is 5.56 Å². The Balaban J connectivity index is 2.77. The van der Waals surface area contributed by atoms with Crippen LogP contribution in [0.5, 0.6) is 0 Å². The quantitative estimate of drug-likeness (QED) is 0.832. The van der Waals surface area contributed by atoms with Gasteiger partial charge in [-0.25, -0.2) is 0 Å². The van der Waals surface area contributed by atoms with Crippen molar-refractivity contribution in [1.82, 2.24) is 0 Å². The summed E-state index contributed by atoms with van der Waals surface area (Å²) >= 11 is 5.93. The van der Waals surface area contributed by atoms with E-state index in [2.05, 4.69) is 0 Å². The van der Waals surface area contributed by atoms with Gasteiger partial charge in [0, 0.05) is 11.4 Å². The van der Waals surface area contributed by atoms with Crippen LogP contribution < -0.4 is 0 Å². The smallest absolute Gasteiger partial charge is 0.303 e. The molecule has 0 saturated carbocycles. The van der Waals surface area contributed by atoms with Gasteiger partial charge in [-0.2, -0.15) is 0 Å². The van der Waals surface area contributed by atoms with Crippen molar-refractivity contribution >= 4 is 17.6 Å². The lowest BCUT2D eigenvalue weighted by atomic mass is 10.0. The maximum atomic E-state index is 10.4. The lowest BCUT2D eigenvalue weighted by molar-refractivity contribution is -0.136. The highest BCUT2D eigenvalue weighted by Crippen LogP contribution is 2.24. The van der Waals surface area contributed by atoms with Gasteiger partial charge in [-0.3, -0.25) is 4.79 Å². The van der Waals surface area contributed by atoms with E-state index < -0.39 is 12.1 Å². The van der Waals surface area contributed by atoms with Crippen LogP contribution in [0, 0.1) is 0 Å². The summed E-state index contributed by atoms with van der Waals surface area (Å²) in [6, 6.07) is 5.22. The van der Waals surface area contributed by atoms with Gasteiger partial charge in [-0.15, -0.1) is 0 Å². The first-order chi connectivity index (χ1) is 7.00. The van der Waals surface area contributed by atoms with Gasteiger partial charge in [0.1, 0.15) is 0 Å². The van der Waals surface area contributed by atoms with Crippen LogP contribution in [0.4, 0.5) is 0 Å². The standard InChI is InChI=1S/C11H13ClO3/c1-7(13)9-4-2-8(6-10(9)12)3-5-11(14)15/h2,4,6-7,13H,3,5H2,1H3,(H,14,15)/t7-/m0/s1. The van der Waals surface area contributed by atoms with E-state index in [9.17, 15) is 9.90 Å². The van der Waals surface area contributed by atoms with Gasteiger partial charge in [-0.1, -0.05) is 23.7 Å². The van der Waals surface area contributed by atoms with Crippen molar-refractivity contribution in [3.05, 3.63) is 34.3 Å². The van der Waals surface area contributed by atoms with Crippen molar-refractivity contribution < 1.29 is 15.0 Å². The Kier molecular flexibility index (Phi) is 4.12. The molecule has 0 aliphatic heterocycles. The Morgan fingerprint density at radius 3 is 2.67 bits per heavy atom. The zero-order valence-electron chi connectivity index (χ0n) is 8.40. The molecular weight excluding hydrogens is 216 g/mol. The van der Waals surface area contributed by atoms with Crippen LogP contribution in [-0.2, 0) is 11.2 Å². The molecule has 1 aromatic rings. The lowest BCUT2D eigenvalue weighted by Crippen LogP contribution is -1.98. The second-order valence-electron chi connectivity index (χ2n) is 3.43. The second-order valence-corrected chi connectivity index (χ2v) is 3.83. The largest absolute Gasteiger partial charge is 0.481 e. The van der Waals surface area contributed by atoms with Gasteiger partial charge in [0.15, 0.2) is 0 Å². The van der Waals surface area contributed by atoms with Crippen molar-refractivity contribution in [2.75, 3.05) is 0 Å². The van der Waals surface area contributed by atoms with E-state index in [1.165, 1.54) is 0 Å². The zero-order valence-corrected chi connectivity index (χ0v) is 9.16. The number of benzene rings is 1. The summed E-state index contributed by atoms with van der Waals surface area (Å²) in [5, 5.41) is 18.3. The minimum absolute atomic E-state index is 0.0877. The summed E-state index contributed by atoms with van der Waals surface area (Å²) in [6.07, 6.45) is -0.0644.